The van der Waals surface area contributed by atoms with E-state index in [1.165, 1.54) is 11.1 Å². The highest BCUT2D eigenvalue weighted by atomic mass is 32.2. The Morgan fingerprint density at radius 3 is 1.29 bits per heavy atom. The number of anilines is 4. The van der Waals surface area contributed by atoms with Gasteiger partial charge in [0.2, 0.25) is 11.9 Å². The van der Waals surface area contributed by atoms with Crippen LogP contribution in [0.4, 0.5) is 23.3 Å². The Kier molecular flexibility index (Phi) is 18.4. The Labute approximate surface area is 489 Å². The van der Waals surface area contributed by atoms with E-state index in [1.54, 1.807) is 36.4 Å². The number of benzene rings is 7. The zero-order valence-electron chi connectivity index (χ0n) is 47.8. The molecule has 83 heavy (non-hydrogen) atoms. The van der Waals surface area contributed by atoms with E-state index in [0.717, 1.165) is 126 Å². The van der Waals surface area contributed by atoms with Crippen LogP contribution >= 0.6 is 0 Å². The fourth-order valence-corrected chi connectivity index (χ4v) is 12.8. The maximum atomic E-state index is 13.2. The first kappa shape index (κ1) is 57.9. The van der Waals surface area contributed by atoms with E-state index in [4.69, 9.17) is 9.97 Å². The molecule has 14 nitrogen and oxygen atoms in total. The molecule has 4 N–H and O–H groups in total. The SMILES string of the molecule is CN(C)CCCCNc1ncc2c(n1)-c1ccccc1C(c1ccc(NS(=O)(=O)c3ccc(-c4ccccc4)cc3)cc1)C2.Cc1ccc(S(=O)(=O)Nc2ccc(C3Cc4cnc(NCCCCN(C)C)nc4-c4ccccc43)cc2)cc1. The average molecular weight is 1150 g/mol. The summed E-state index contributed by atoms with van der Waals surface area (Å²) in [5, 5.41) is 6.78. The van der Waals surface area contributed by atoms with Gasteiger partial charge in [0, 0.05) is 59.8 Å². The predicted octanol–water partition coefficient (Wildman–Crippen LogP) is 12.7. The number of hydrogen-bond acceptors (Lipinski definition) is 12. The fraction of sp³-hybridized carbons (Fsp3) is 0.254. The van der Waals surface area contributed by atoms with E-state index < -0.39 is 20.0 Å². The van der Waals surface area contributed by atoms with E-state index in [-0.39, 0.29) is 21.6 Å². The lowest BCUT2D eigenvalue weighted by Gasteiger charge is -2.27. The third-order valence-electron chi connectivity index (χ3n) is 15.1. The molecule has 11 rings (SSSR count). The molecule has 0 saturated carbocycles. The van der Waals surface area contributed by atoms with E-state index >= 15 is 0 Å². The molecule has 0 amide bonds. The van der Waals surface area contributed by atoms with Crippen molar-refractivity contribution in [2.75, 3.05) is 74.4 Å². The maximum absolute atomic E-state index is 13.2. The quantitative estimate of drug-likeness (QED) is 0.0502. The van der Waals surface area contributed by atoms with Crippen molar-refractivity contribution in [1.82, 2.24) is 29.7 Å². The van der Waals surface area contributed by atoms with Gasteiger partial charge in [-0.05, 0) is 180 Å². The van der Waals surface area contributed by atoms with Gasteiger partial charge in [-0.25, -0.2) is 36.8 Å². The second-order valence-corrected chi connectivity index (χ2v) is 25.2. The Bertz CT molecular complexity index is 3870. The summed E-state index contributed by atoms with van der Waals surface area (Å²) in [6.45, 7) is 5.75. The molecule has 0 aliphatic heterocycles. The van der Waals surface area contributed by atoms with Crippen molar-refractivity contribution in [2.45, 2.75) is 67.1 Å². The minimum atomic E-state index is -3.73. The fourth-order valence-electron chi connectivity index (χ4n) is 10.7. The number of nitrogens with zero attached hydrogens (tertiary/aromatic N) is 6. The van der Waals surface area contributed by atoms with Crippen LogP contribution in [0.5, 0.6) is 0 Å². The lowest BCUT2D eigenvalue weighted by atomic mass is 9.78. The molecule has 0 fully saturated rings. The van der Waals surface area contributed by atoms with Crippen molar-refractivity contribution < 1.29 is 16.8 Å². The lowest BCUT2D eigenvalue weighted by molar-refractivity contribution is 0.396. The summed E-state index contributed by atoms with van der Waals surface area (Å²) in [6, 6.07) is 55.8. The van der Waals surface area contributed by atoms with Crippen LogP contribution in [0.3, 0.4) is 0 Å². The van der Waals surface area contributed by atoms with Gasteiger partial charge in [0.25, 0.3) is 20.0 Å². The van der Waals surface area contributed by atoms with Crippen LogP contribution in [0, 0.1) is 6.92 Å². The summed E-state index contributed by atoms with van der Waals surface area (Å²) >= 11 is 0. The number of fused-ring (bicyclic) bond motifs is 6. The zero-order valence-corrected chi connectivity index (χ0v) is 49.4. The smallest absolute Gasteiger partial charge is 0.261 e. The minimum Gasteiger partial charge on any atom is -0.354 e. The second-order valence-electron chi connectivity index (χ2n) is 21.9. The molecule has 2 unspecified atom stereocenters. The largest absolute Gasteiger partial charge is 0.354 e. The van der Waals surface area contributed by atoms with Crippen molar-refractivity contribution in [1.29, 1.82) is 0 Å². The number of rotatable bonds is 21. The molecule has 0 radical (unpaired) electrons. The van der Waals surface area contributed by atoms with Crippen molar-refractivity contribution in [3.8, 4) is 33.6 Å². The van der Waals surface area contributed by atoms with Gasteiger partial charge in [0.1, 0.15) is 0 Å². The molecule has 16 heteroatoms. The van der Waals surface area contributed by atoms with Gasteiger partial charge in [0.15, 0.2) is 0 Å². The minimum absolute atomic E-state index is 0.114. The van der Waals surface area contributed by atoms with Gasteiger partial charge < -0.3 is 20.4 Å². The first-order valence-electron chi connectivity index (χ1n) is 28.3. The molecule has 2 aliphatic carbocycles. The molecule has 2 atom stereocenters. The third-order valence-corrected chi connectivity index (χ3v) is 17.9. The maximum Gasteiger partial charge on any atom is 0.261 e. The van der Waals surface area contributed by atoms with Gasteiger partial charge in [-0.2, -0.15) is 0 Å². The van der Waals surface area contributed by atoms with Crippen LogP contribution in [0.25, 0.3) is 33.6 Å². The van der Waals surface area contributed by atoms with Gasteiger partial charge in [-0.15, -0.1) is 0 Å². The molecule has 0 saturated heterocycles. The molecule has 9 aromatic rings. The molecule has 2 heterocycles. The standard InChI is InChI=1S/C36H37N5O2S.C31H35N5O2S/c1-41(2)23-9-8-22-37-36-38-25-29-24-34(32-12-6-7-13-33(32)35(29)39-36)28-14-18-30(19-15-28)40-44(42,43)31-20-16-27(17-21-31)26-10-4-3-5-11-26;1-22-10-16-26(17-11-22)39(37,38)35-25-14-12-23(13-15-25)29-20-24-21-33-31(32-18-6-7-19-36(2)3)34-30(24)28-9-5-4-8-27(28)29/h3-7,10-21,25,34,40H,8-9,22-24H2,1-2H3,(H,37,38,39);4-5,8-17,21,29,35H,6-7,18-20H2,1-3H3,(H,32,33,34). The van der Waals surface area contributed by atoms with Gasteiger partial charge in [-0.3, -0.25) is 9.44 Å². The Balaban J connectivity index is 0.000000187. The number of aromatic nitrogens is 4. The number of nitrogens with one attached hydrogen (secondary N) is 4. The summed E-state index contributed by atoms with van der Waals surface area (Å²) in [5.74, 6) is 1.57. The summed E-state index contributed by atoms with van der Waals surface area (Å²) in [4.78, 5) is 23.9. The molecular formula is C67H72N10O4S2. The highest BCUT2D eigenvalue weighted by Crippen LogP contribution is 2.44. The molecular weight excluding hydrogens is 1070 g/mol. The monoisotopic (exact) mass is 1140 g/mol. The van der Waals surface area contributed by atoms with Crippen molar-refractivity contribution in [3.05, 3.63) is 227 Å². The molecule has 0 bridgehead atoms. The van der Waals surface area contributed by atoms with Crippen LogP contribution in [0.15, 0.2) is 198 Å². The van der Waals surface area contributed by atoms with E-state index in [1.807, 2.05) is 122 Å². The highest BCUT2D eigenvalue weighted by Gasteiger charge is 2.30. The number of hydrogen-bond donors (Lipinski definition) is 4. The van der Waals surface area contributed by atoms with Gasteiger partial charge in [-0.1, -0.05) is 133 Å². The lowest BCUT2D eigenvalue weighted by Crippen LogP contribution is -2.17. The second kappa shape index (κ2) is 26.3. The number of aryl methyl sites for hydroxylation is 1. The molecule has 7 aromatic carbocycles. The topological polar surface area (TPSA) is 174 Å². The first-order chi connectivity index (χ1) is 40.2. The van der Waals surface area contributed by atoms with Crippen molar-refractivity contribution in [3.63, 3.8) is 0 Å². The molecule has 426 valence electrons. The normalized spacial score (nSPS) is 14.3. The summed E-state index contributed by atoms with van der Waals surface area (Å²) < 4.78 is 57.4. The molecule has 0 spiro atoms. The van der Waals surface area contributed by atoms with Crippen molar-refractivity contribution >= 4 is 43.3 Å². The first-order valence-corrected chi connectivity index (χ1v) is 31.3. The number of unbranched alkanes of at least 4 members (excludes halogenated alkanes) is 2. The van der Waals surface area contributed by atoms with Crippen molar-refractivity contribution in [2.24, 2.45) is 0 Å². The zero-order chi connectivity index (χ0) is 57.9. The van der Waals surface area contributed by atoms with E-state index in [2.05, 4.69) is 104 Å². The van der Waals surface area contributed by atoms with Crippen LogP contribution in [0.2, 0.25) is 0 Å². The van der Waals surface area contributed by atoms with E-state index in [9.17, 15) is 16.8 Å². The van der Waals surface area contributed by atoms with Crippen LogP contribution < -0.4 is 20.1 Å². The van der Waals surface area contributed by atoms with Crippen LogP contribution in [-0.4, -0.2) is 101 Å². The Hall–Kier alpha value is -8.28. The molecule has 2 aliphatic rings. The Morgan fingerprint density at radius 1 is 0.458 bits per heavy atom. The summed E-state index contributed by atoms with van der Waals surface area (Å²) in [6.07, 6.45) is 9.81. The van der Waals surface area contributed by atoms with E-state index in [0.29, 0.717) is 23.3 Å². The average Bonchev–Trinajstić information content (AvgIpc) is 3.58. The van der Waals surface area contributed by atoms with Gasteiger partial charge in [0.05, 0.1) is 21.2 Å². The summed E-state index contributed by atoms with van der Waals surface area (Å²) in [7, 11) is 0.982. The highest BCUT2D eigenvalue weighted by molar-refractivity contribution is 7.93. The molecule has 2 aromatic heterocycles. The number of sulfonamides is 2. The predicted molar refractivity (Wildman–Crippen MR) is 336 cm³/mol. The van der Waals surface area contributed by atoms with Crippen LogP contribution in [0.1, 0.15) is 76.5 Å². The van der Waals surface area contributed by atoms with Crippen LogP contribution in [-0.2, 0) is 32.9 Å². The summed E-state index contributed by atoms with van der Waals surface area (Å²) in [5.41, 5.74) is 15.2. The Morgan fingerprint density at radius 2 is 0.855 bits per heavy atom. The van der Waals surface area contributed by atoms with Gasteiger partial charge >= 0.3 is 0 Å². The third kappa shape index (κ3) is 14.5.